The van der Waals surface area contributed by atoms with Gasteiger partial charge in [0.05, 0.1) is 28.8 Å². The van der Waals surface area contributed by atoms with Crippen LogP contribution in [0.1, 0.15) is 12.8 Å². The Morgan fingerprint density at radius 2 is 1.95 bits per heavy atom. The van der Waals surface area contributed by atoms with Gasteiger partial charge in [0.25, 0.3) is 11.1 Å². The van der Waals surface area contributed by atoms with E-state index in [4.69, 9.17) is 0 Å². The molecule has 0 radical (unpaired) electrons. The third-order valence-electron chi connectivity index (χ3n) is 6.27. The molecule has 0 unspecified atom stereocenters. The van der Waals surface area contributed by atoms with Crippen LogP contribution in [-0.2, 0) is 18.4 Å². The Bertz CT molecular complexity index is 1740. The highest BCUT2D eigenvalue weighted by molar-refractivity contribution is 14.1. The van der Waals surface area contributed by atoms with E-state index >= 15 is 4.39 Å². The van der Waals surface area contributed by atoms with Gasteiger partial charge in [0, 0.05) is 27.8 Å². The highest BCUT2D eigenvalue weighted by atomic mass is 127. The summed E-state index contributed by atoms with van der Waals surface area (Å²) < 4.78 is 32.9. The van der Waals surface area contributed by atoms with Crippen molar-refractivity contribution in [3.8, 4) is 11.3 Å². The Kier molecular flexibility index (Phi) is 6.86. The summed E-state index contributed by atoms with van der Waals surface area (Å²) in [6.45, 7) is 3.67. The third-order valence-corrected chi connectivity index (χ3v) is 6.94. The third kappa shape index (κ3) is 4.73. The van der Waals surface area contributed by atoms with Crippen LogP contribution in [0.2, 0.25) is 0 Å². The molecule has 8 nitrogen and oxygen atoms in total. The molecule has 1 aliphatic carbocycles. The summed E-state index contributed by atoms with van der Waals surface area (Å²) in [4.78, 5) is 38.8. The van der Waals surface area contributed by atoms with Gasteiger partial charge in [-0.3, -0.25) is 14.4 Å². The Hall–Kier alpha value is -3.87. The molecule has 0 saturated heterocycles. The molecule has 0 aliphatic heterocycles. The normalized spacial score (nSPS) is 12.9. The number of carbonyl (C=O) groups is 1. The van der Waals surface area contributed by atoms with Gasteiger partial charge in [0.15, 0.2) is 0 Å². The lowest BCUT2D eigenvalue weighted by atomic mass is 10.1. The smallest absolute Gasteiger partial charge is 0.289 e. The van der Waals surface area contributed by atoms with E-state index in [0.717, 1.165) is 22.1 Å². The van der Waals surface area contributed by atoms with E-state index in [1.807, 2.05) is 22.6 Å². The molecular weight excluding hydrogens is 607 g/mol. The van der Waals surface area contributed by atoms with Gasteiger partial charge in [-0.05, 0) is 65.8 Å². The summed E-state index contributed by atoms with van der Waals surface area (Å²) in [7, 11) is 1.34. The van der Waals surface area contributed by atoms with Crippen molar-refractivity contribution in [1.29, 1.82) is 0 Å². The van der Waals surface area contributed by atoms with E-state index in [1.165, 1.54) is 25.3 Å². The van der Waals surface area contributed by atoms with E-state index in [1.54, 1.807) is 30.3 Å². The van der Waals surface area contributed by atoms with Crippen molar-refractivity contribution in [3.05, 3.63) is 91.0 Å². The van der Waals surface area contributed by atoms with E-state index in [0.29, 0.717) is 14.8 Å². The van der Waals surface area contributed by atoms with Crippen LogP contribution in [0.25, 0.3) is 22.2 Å². The predicted molar refractivity (Wildman–Crippen MR) is 151 cm³/mol. The zero-order valence-corrected chi connectivity index (χ0v) is 22.4. The highest BCUT2D eigenvalue weighted by Crippen LogP contribution is 2.34. The highest BCUT2D eigenvalue weighted by Gasteiger charge is 2.30. The van der Waals surface area contributed by atoms with Crippen molar-refractivity contribution >= 4 is 56.5 Å². The largest absolute Gasteiger partial charge is 0.350 e. The van der Waals surface area contributed by atoms with Gasteiger partial charge in [0.1, 0.15) is 11.5 Å². The minimum absolute atomic E-state index is 0.00166. The summed E-state index contributed by atoms with van der Waals surface area (Å²) in [6.07, 6.45) is 3.14. The molecule has 1 amide bonds. The van der Waals surface area contributed by atoms with Crippen LogP contribution >= 0.6 is 22.6 Å². The molecule has 1 saturated carbocycles. The average molecular weight is 629 g/mol. The zero-order valence-electron chi connectivity index (χ0n) is 20.2. The molecule has 4 aromatic rings. The number of halogens is 3. The SMILES string of the molecule is C=CCn1nc(-c2cccc(NC(=O)C3CC3)c2)c2c(c(Nc3ccc(I)cc3F)c(F)c(=O)n2C)c1=O. The number of allylic oxidation sites excluding steroid dienone is 1. The Balaban J connectivity index is 1.78. The number of hydrogen-bond acceptors (Lipinski definition) is 5. The summed E-state index contributed by atoms with van der Waals surface area (Å²) in [6, 6.07) is 11.1. The van der Waals surface area contributed by atoms with Crippen LogP contribution in [0, 0.1) is 21.1 Å². The number of aryl methyl sites for hydroxylation is 1. The molecule has 2 aromatic heterocycles. The monoisotopic (exact) mass is 629 g/mol. The molecule has 0 atom stereocenters. The van der Waals surface area contributed by atoms with Crippen molar-refractivity contribution in [2.24, 2.45) is 13.0 Å². The Morgan fingerprint density at radius 1 is 1.18 bits per heavy atom. The standard InChI is InChI=1S/C27H22F2IN5O3/c1-3-11-35-26(37)20-23(32-19-10-9-16(30)13-18(19)28)21(29)27(38)34(2)24(20)22(33-35)15-5-4-6-17(12-15)31-25(36)14-7-8-14/h3-6,9-10,12-14,32H,1,7-8,11H2,2H3,(H,31,36). The molecule has 5 rings (SSSR count). The van der Waals surface area contributed by atoms with Gasteiger partial charge >= 0.3 is 0 Å². The number of carbonyl (C=O) groups excluding carboxylic acids is 1. The minimum Gasteiger partial charge on any atom is -0.350 e. The topological polar surface area (TPSA) is 98.0 Å². The molecule has 1 aliphatic rings. The summed E-state index contributed by atoms with van der Waals surface area (Å²) in [5, 5.41) is 9.80. The number of hydrogen-bond donors (Lipinski definition) is 2. The molecular formula is C27H22F2IN5O3. The van der Waals surface area contributed by atoms with Crippen molar-refractivity contribution in [2.75, 3.05) is 10.6 Å². The lowest BCUT2D eigenvalue weighted by Gasteiger charge is -2.18. The van der Waals surface area contributed by atoms with E-state index in [2.05, 4.69) is 22.3 Å². The maximum absolute atomic E-state index is 15.5. The first-order valence-electron chi connectivity index (χ1n) is 11.8. The van der Waals surface area contributed by atoms with Crippen molar-refractivity contribution < 1.29 is 13.6 Å². The average Bonchev–Trinajstić information content (AvgIpc) is 3.74. The van der Waals surface area contributed by atoms with Gasteiger partial charge < -0.3 is 15.2 Å². The van der Waals surface area contributed by atoms with Crippen LogP contribution in [0.5, 0.6) is 0 Å². The lowest BCUT2D eigenvalue weighted by Crippen LogP contribution is -2.30. The second-order valence-corrected chi connectivity index (χ2v) is 10.2. The predicted octanol–water partition coefficient (Wildman–Crippen LogP) is 4.92. The van der Waals surface area contributed by atoms with Crippen LogP contribution in [-0.4, -0.2) is 20.3 Å². The number of nitrogens with one attached hydrogen (secondary N) is 2. The molecule has 2 aromatic carbocycles. The van der Waals surface area contributed by atoms with Crippen LogP contribution < -0.4 is 21.8 Å². The first kappa shape index (κ1) is 25.8. The number of amides is 1. The van der Waals surface area contributed by atoms with Crippen LogP contribution in [0.15, 0.2) is 64.7 Å². The molecule has 194 valence electrons. The summed E-state index contributed by atoms with van der Waals surface area (Å²) in [5.41, 5.74) is -1.01. The Labute approximate surface area is 229 Å². The van der Waals surface area contributed by atoms with E-state index < -0.39 is 28.4 Å². The van der Waals surface area contributed by atoms with Crippen molar-refractivity contribution in [2.45, 2.75) is 19.4 Å². The van der Waals surface area contributed by atoms with Gasteiger partial charge in [-0.2, -0.15) is 9.49 Å². The fraction of sp³-hybridized carbons (Fsp3) is 0.185. The molecule has 0 bridgehead atoms. The second-order valence-electron chi connectivity index (χ2n) is 8.99. The first-order valence-corrected chi connectivity index (χ1v) is 12.8. The molecule has 2 heterocycles. The lowest BCUT2D eigenvalue weighted by molar-refractivity contribution is -0.117. The number of benzene rings is 2. The van der Waals surface area contributed by atoms with Gasteiger partial charge in [-0.1, -0.05) is 18.2 Å². The van der Waals surface area contributed by atoms with Gasteiger partial charge in [-0.25, -0.2) is 9.07 Å². The van der Waals surface area contributed by atoms with Gasteiger partial charge in [0.2, 0.25) is 11.7 Å². The zero-order chi connectivity index (χ0) is 27.1. The van der Waals surface area contributed by atoms with E-state index in [9.17, 15) is 18.8 Å². The fourth-order valence-electron chi connectivity index (χ4n) is 4.20. The summed E-state index contributed by atoms with van der Waals surface area (Å²) >= 11 is 1.94. The number of pyridine rings is 1. The van der Waals surface area contributed by atoms with Crippen molar-refractivity contribution in [1.82, 2.24) is 14.3 Å². The van der Waals surface area contributed by atoms with Crippen LogP contribution in [0.4, 0.5) is 25.8 Å². The Morgan fingerprint density at radius 3 is 2.63 bits per heavy atom. The quantitative estimate of drug-likeness (QED) is 0.224. The minimum atomic E-state index is -1.23. The molecule has 2 N–H and O–H groups in total. The summed E-state index contributed by atoms with van der Waals surface area (Å²) in [5.74, 6) is -2.00. The number of aromatic nitrogens is 3. The number of anilines is 3. The molecule has 0 spiro atoms. The maximum atomic E-state index is 15.5. The number of rotatable bonds is 7. The molecule has 1 fully saturated rings. The van der Waals surface area contributed by atoms with Gasteiger partial charge in [-0.15, -0.1) is 6.58 Å². The van der Waals surface area contributed by atoms with E-state index in [-0.39, 0.29) is 40.7 Å². The molecule has 11 heteroatoms. The number of nitrogens with zero attached hydrogens (tertiary/aromatic N) is 3. The number of fused-ring (bicyclic) bond motifs is 1. The molecule has 38 heavy (non-hydrogen) atoms. The first-order chi connectivity index (χ1) is 18.2. The fourth-order valence-corrected chi connectivity index (χ4v) is 4.65. The second kappa shape index (κ2) is 10.1. The van der Waals surface area contributed by atoms with Crippen LogP contribution in [0.3, 0.4) is 0 Å². The maximum Gasteiger partial charge on any atom is 0.289 e. The van der Waals surface area contributed by atoms with Crippen molar-refractivity contribution in [3.63, 3.8) is 0 Å².